The first kappa shape index (κ1) is 12.2. The van der Waals surface area contributed by atoms with Crippen LogP contribution >= 0.6 is 0 Å². The standard InChI is InChI=1S/C9H15.BrH.Mg/c1-9(2)7-3-4-8(9)6-5-7;;/h7H,3-6H2,1-2H3;1H;/q-1;;+2/p-1. The number of rotatable bonds is 0. The predicted molar refractivity (Wildman–Crippen MR) is 44.7 cm³/mol. The molecule has 2 aliphatic carbocycles. The van der Waals surface area contributed by atoms with Crippen LogP contribution in [0.2, 0.25) is 0 Å². The summed E-state index contributed by atoms with van der Waals surface area (Å²) in [5, 5.41) is 0. The van der Waals surface area contributed by atoms with Gasteiger partial charge in [0, 0.05) is 0 Å². The summed E-state index contributed by atoms with van der Waals surface area (Å²) in [5.74, 6) is 2.90. The number of hydrogen-bond donors (Lipinski definition) is 0. The molecule has 2 fully saturated rings. The average Bonchev–Trinajstić information content (AvgIpc) is 2.24. The molecular weight excluding hydrogens is 212 g/mol. The molecule has 2 bridgehead atoms. The fourth-order valence-electron chi connectivity index (χ4n) is 2.62. The van der Waals surface area contributed by atoms with Crippen molar-refractivity contribution >= 4 is 23.1 Å². The summed E-state index contributed by atoms with van der Waals surface area (Å²) in [7, 11) is 0. The molecule has 0 unspecified atom stereocenters. The number of fused-ring (bicyclic) bond motifs is 2. The molecule has 0 aromatic rings. The number of halogens is 1. The minimum Gasteiger partial charge on any atom is -1.00 e. The maximum atomic E-state index is 2.42. The SMILES string of the molecule is CC1(C)[C-]2CCC1CC2.[Br-].[Mg+2]. The molecule has 0 amide bonds. The molecule has 0 nitrogen and oxygen atoms in total. The summed E-state index contributed by atoms with van der Waals surface area (Å²) in [6.45, 7) is 4.85. The molecule has 0 atom stereocenters. The van der Waals surface area contributed by atoms with E-state index in [2.05, 4.69) is 13.8 Å². The first-order valence-electron chi connectivity index (χ1n) is 4.06. The Morgan fingerprint density at radius 3 is 1.73 bits per heavy atom. The van der Waals surface area contributed by atoms with Crippen molar-refractivity contribution < 1.29 is 17.0 Å². The van der Waals surface area contributed by atoms with Gasteiger partial charge in [-0.05, 0) is 0 Å². The van der Waals surface area contributed by atoms with Crippen LogP contribution in [0, 0.1) is 17.3 Å². The van der Waals surface area contributed by atoms with Gasteiger partial charge < -0.3 is 22.9 Å². The smallest absolute Gasteiger partial charge is 1.00 e. The zero-order valence-corrected chi connectivity index (χ0v) is 10.5. The average molecular weight is 227 g/mol. The first-order valence-corrected chi connectivity index (χ1v) is 4.06. The summed E-state index contributed by atoms with van der Waals surface area (Å²) in [4.78, 5) is 0. The van der Waals surface area contributed by atoms with Crippen LogP contribution in [0.15, 0.2) is 0 Å². The minimum atomic E-state index is 0. The van der Waals surface area contributed by atoms with E-state index in [1.165, 1.54) is 25.7 Å². The first-order chi connectivity index (χ1) is 4.21. The molecule has 2 aliphatic rings. The molecule has 2 heteroatoms. The van der Waals surface area contributed by atoms with E-state index >= 15 is 0 Å². The van der Waals surface area contributed by atoms with Crippen molar-refractivity contribution in [2.75, 3.05) is 0 Å². The molecular formula is C9H15BrMg. The molecule has 0 aromatic heterocycles. The second kappa shape index (κ2) is 3.97. The Balaban J connectivity index is 0.000000500. The van der Waals surface area contributed by atoms with Crippen molar-refractivity contribution in [1.82, 2.24) is 0 Å². The van der Waals surface area contributed by atoms with Gasteiger partial charge >= 0.3 is 23.1 Å². The van der Waals surface area contributed by atoms with Crippen molar-refractivity contribution in [3.63, 3.8) is 0 Å². The van der Waals surface area contributed by atoms with E-state index in [-0.39, 0.29) is 40.0 Å². The van der Waals surface area contributed by atoms with Crippen molar-refractivity contribution in [3.05, 3.63) is 5.92 Å². The normalized spacial score (nSPS) is 27.8. The Labute approximate surface area is 96.4 Å². The second-order valence-electron chi connectivity index (χ2n) is 4.10. The van der Waals surface area contributed by atoms with Crippen molar-refractivity contribution in [3.8, 4) is 0 Å². The minimum absolute atomic E-state index is 0. The second-order valence-corrected chi connectivity index (χ2v) is 4.10. The van der Waals surface area contributed by atoms with E-state index < -0.39 is 0 Å². The van der Waals surface area contributed by atoms with Gasteiger partial charge in [0.1, 0.15) is 0 Å². The van der Waals surface area contributed by atoms with Crippen LogP contribution < -0.4 is 17.0 Å². The topological polar surface area (TPSA) is 0 Å². The predicted octanol–water partition coefficient (Wildman–Crippen LogP) is -0.586. The van der Waals surface area contributed by atoms with Crippen LogP contribution in [-0.2, 0) is 0 Å². The summed E-state index contributed by atoms with van der Waals surface area (Å²) in [5.41, 5.74) is 0.639. The maximum absolute atomic E-state index is 2.42. The largest absolute Gasteiger partial charge is 2.00 e. The Bertz CT molecular complexity index is 112. The Kier molecular flexibility index (Phi) is 4.42. The van der Waals surface area contributed by atoms with Gasteiger partial charge in [-0.3, -0.25) is 0 Å². The van der Waals surface area contributed by atoms with E-state index in [9.17, 15) is 0 Å². The van der Waals surface area contributed by atoms with Gasteiger partial charge in [-0.1, -0.05) is 32.6 Å². The van der Waals surface area contributed by atoms with Crippen molar-refractivity contribution in [1.29, 1.82) is 0 Å². The molecule has 0 aromatic carbocycles. The molecule has 0 radical (unpaired) electrons. The van der Waals surface area contributed by atoms with Crippen LogP contribution in [-0.4, -0.2) is 23.1 Å². The van der Waals surface area contributed by atoms with Crippen LogP contribution in [0.5, 0.6) is 0 Å². The van der Waals surface area contributed by atoms with Gasteiger partial charge in [0.2, 0.25) is 0 Å². The van der Waals surface area contributed by atoms with Crippen LogP contribution in [0.1, 0.15) is 39.5 Å². The van der Waals surface area contributed by atoms with Gasteiger partial charge in [0.05, 0.1) is 0 Å². The Morgan fingerprint density at radius 2 is 1.64 bits per heavy atom. The van der Waals surface area contributed by atoms with Crippen molar-refractivity contribution in [2.24, 2.45) is 11.3 Å². The Morgan fingerprint density at radius 1 is 1.18 bits per heavy atom. The summed E-state index contributed by atoms with van der Waals surface area (Å²) < 4.78 is 0. The van der Waals surface area contributed by atoms with E-state index in [1.807, 2.05) is 5.92 Å². The molecule has 0 aliphatic heterocycles. The molecule has 0 spiro atoms. The van der Waals surface area contributed by atoms with Crippen LogP contribution in [0.4, 0.5) is 0 Å². The summed E-state index contributed by atoms with van der Waals surface area (Å²) >= 11 is 0. The quantitative estimate of drug-likeness (QED) is 0.383. The summed E-state index contributed by atoms with van der Waals surface area (Å²) in [6.07, 6.45) is 5.86. The monoisotopic (exact) mass is 226 g/mol. The molecule has 0 saturated heterocycles. The maximum Gasteiger partial charge on any atom is 2.00 e. The van der Waals surface area contributed by atoms with Crippen LogP contribution in [0.25, 0.3) is 0 Å². The third-order valence-corrected chi connectivity index (χ3v) is 3.52. The van der Waals surface area contributed by atoms with E-state index in [1.54, 1.807) is 0 Å². The van der Waals surface area contributed by atoms with E-state index in [0.29, 0.717) is 5.41 Å². The van der Waals surface area contributed by atoms with E-state index in [0.717, 1.165) is 5.92 Å². The molecule has 2 saturated carbocycles. The van der Waals surface area contributed by atoms with Crippen molar-refractivity contribution in [2.45, 2.75) is 39.5 Å². The fourth-order valence-corrected chi connectivity index (χ4v) is 2.62. The van der Waals surface area contributed by atoms with Crippen LogP contribution in [0.3, 0.4) is 0 Å². The molecule has 60 valence electrons. The Hall–Kier alpha value is 1.25. The van der Waals surface area contributed by atoms with Gasteiger partial charge in [-0.2, -0.15) is 18.3 Å². The fraction of sp³-hybridized carbons (Fsp3) is 0.889. The van der Waals surface area contributed by atoms with Gasteiger partial charge in [0.15, 0.2) is 0 Å². The third kappa shape index (κ3) is 1.78. The zero-order chi connectivity index (χ0) is 6.48. The summed E-state index contributed by atoms with van der Waals surface area (Å²) in [6, 6.07) is 0. The van der Waals surface area contributed by atoms with Gasteiger partial charge in [0.25, 0.3) is 0 Å². The molecule has 2 rings (SSSR count). The molecule has 0 N–H and O–H groups in total. The molecule has 11 heavy (non-hydrogen) atoms. The van der Waals surface area contributed by atoms with Gasteiger partial charge in [-0.25, -0.2) is 0 Å². The third-order valence-electron chi connectivity index (χ3n) is 3.52. The zero-order valence-electron chi connectivity index (χ0n) is 7.49. The molecule has 0 heterocycles. The van der Waals surface area contributed by atoms with Gasteiger partial charge in [-0.15, -0.1) is 0 Å². The number of hydrogen-bond acceptors (Lipinski definition) is 0. The van der Waals surface area contributed by atoms with E-state index in [4.69, 9.17) is 0 Å².